The zero-order chi connectivity index (χ0) is 24.1. The van der Waals surface area contributed by atoms with Gasteiger partial charge in [0.15, 0.2) is 0 Å². The quantitative estimate of drug-likeness (QED) is 0.394. The minimum absolute atomic E-state index is 0.0196. The maximum atomic E-state index is 13.0. The molecule has 0 unspecified atom stereocenters. The lowest BCUT2D eigenvalue weighted by Crippen LogP contribution is -2.25. The molecule has 0 radical (unpaired) electrons. The molecule has 1 amide bonds. The lowest BCUT2D eigenvalue weighted by atomic mass is 10.0. The third-order valence-electron chi connectivity index (χ3n) is 5.44. The summed E-state index contributed by atoms with van der Waals surface area (Å²) in [7, 11) is 0. The van der Waals surface area contributed by atoms with E-state index in [1.807, 2.05) is 50.2 Å². The number of halogens is 1. The number of carbonyl (C=O) groups is 1. The van der Waals surface area contributed by atoms with Crippen molar-refractivity contribution in [2.45, 2.75) is 33.2 Å². The van der Waals surface area contributed by atoms with Crippen molar-refractivity contribution in [1.82, 2.24) is 24.5 Å². The Bertz CT molecular complexity index is 1330. The van der Waals surface area contributed by atoms with Gasteiger partial charge in [-0.15, -0.1) is 10.2 Å². The summed E-state index contributed by atoms with van der Waals surface area (Å²) >= 11 is 5.89. The van der Waals surface area contributed by atoms with Gasteiger partial charge in [0.25, 0.3) is 0 Å². The minimum atomic E-state index is -0.265. The summed E-state index contributed by atoms with van der Waals surface area (Å²) in [6.07, 6.45) is 4.32. The third-order valence-corrected chi connectivity index (χ3v) is 5.69. The largest absolute Gasteiger partial charge is 0.494 e. The number of benzene rings is 2. The molecule has 2 heterocycles. The maximum Gasteiger partial charge on any atom is 0.300 e. The van der Waals surface area contributed by atoms with E-state index in [1.165, 1.54) is 4.57 Å². The Morgan fingerprint density at radius 1 is 1.09 bits per heavy atom. The number of nitrogens with one attached hydrogen (secondary N) is 1. The van der Waals surface area contributed by atoms with Gasteiger partial charge in [-0.05, 0) is 54.8 Å². The highest BCUT2D eigenvalue weighted by Gasteiger charge is 2.16. The van der Waals surface area contributed by atoms with Gasteiger partial charge in [-0.1, -0.05) is 30.7 Å². The first-order valence-electron chi connectivity index (χ1n) is 11.1. The van der Waals surface area contributed by atoms with Crippen LogP contribution in [-0.2, 0) is 17.8 Å². The maximum absolute atomic E-state index is 13.0. The van der Waals surface area contributed by atoms with Crippen LogP contribution in [0.4, 0.5) is 0 Å². The number of rotatable bonds is 9. The van der Waals surface area contributed by atoms with Crippen LogP contribution < -0.4 is 15.6 Å². The van der Waals surface area contributed by atoms with Gasteiger partial charge >= 0.3 is 5.56 Å². The average Bonchev–Trinajstić information content (AvgIpc) is 3.23. The zero-order valence-electron chi connectivity index (χ0n) is 19.1. The summed E-state index contributed by atoms with van der Waals surface area (Å²) in [5, 5.41) is 11.9. The summed E-state index contributed by atoms with van der Waals surface area (Å²) in [6, 6.07) is 14.7. The van der Waals surface area contributed by atoms with Crippen LogP contribution in [-0.4, -0.2) is 31.7 Å². The molecule has 176 valence electrons. The summed E-state index contributed by atoms with van der Waals surface area (Å²) < 4.78 is 8.67. The average molecular weight is 480 g/mol. The van der Waals surface area contributed by atoms with Crippen molar-refractivity contribution in [2.75, 3.05) is 6.61 Å². The molecule has 0 saturated heterocycles. The molecule has 2 aromatic heterocycles. The molecule has 1 atom stereocenters. The fraction of sp³-hybridized carbons (Fsp3) is 0.280. The second kappa shape index (κ2) is 10.5. The number of aromatic nitrogens is 4. The molecule has 0 fully saturated rings. The smallest absolute Gasteiger partial charge is 0.300 e. The number of hydrogen-bond acceptors (Lipinski definition) is 5. The van der Waals surface area contributed by atoms with E-state index in [2.05, 4.69) is 15.5 Å². The zero-order valence-corrected chi connectivity index (χ0v) is 19.8. The Balaban J connectivity index is 1.41. The molecule has 0 saturated carbocycles. The first-order chi connectivity index (χ1) is 16.4. The fourth-order valence-electron chi connectivity index (χ4n) is 3.72. The van der Waals surface area contributed by atoms with E-state index in [9.17, 15) is 9.59 Å². The van der Waals surface area contributed by atoms with Gasteiger partial charge in [-0.25, -0.2) is 0 Å². The van der Waals surface area contributed by atoms with Crippen molar-refractivity contribution in [1.29, 1.82) is 0 Å². The van der Waals surface area contributed by atoms with Gasteiger partial charge in [0.1, 0.15) is 11.6 Å². The predicted molar refractivity (Wildman–Crippen MR) is 131 cm³/mol. The molecule has 8 nitrogen and oxygen atoms in total. The Kier molecular flexibility index (Phi) is 7.27. The highest BCUT2D eigenvalue weighted by atomic mass is 35.5. The standard InChI is InChI=1S/C25H26ClN5O3/c1-3-34-21-10-8-20(9-11-21)30-12-13-31-22(28-29-24(31)25(30)33)14-17(2)15-23(32)27-16-18-4-6-19(26)7-5-18/h4-13,17H,3,14-16H2,1-2H3,(H,27,32)/t17-/m0/s1. The van der Waals surface area contributed by atoms with Crippen molar-refractivity contribution in [3.63, 3.8) is 0 Å². The summed E-state index contributed by atoms with van der Waals surface area (Å²) in [6.45, 7) is 4.92. The van der Waals surface area contributed by atoms with E-state index in [0.717, 1.165) is 11.3 Å². The van der Waals surface area contributed by atoms with Crippen LogP contribution in [0.15, 0.2) is 65.7 Å². The second-order valence-electron chi connectivity index (χ2n) is 8.13. The van der Waals surface area contributed by atoms with Gasteiger partial charge in [-0.3, -0.25) is 18.6 Å². The molecule has 0 spiro atoms. The van der Waals surface area contributed by atoms with Crippen molar-refractivity contribution in [2.24, 2.45) is 5.92 Å². The highest BCUT2D eigenvalue weighted by molar-refractivity contribution is 6.30. The molecule has 4 rings (SSSR count). The molecule has 0 aliphatic carbocycles. The van der Waals surface area contributed by atoms with E-state index >= 15 is 0 Å². The first kappa shape index (κ1) is 23.5. The van der Waals surface area contributed by atoms with E-state index < -0.39 is 0 Å². The number of carbonyl (C=O) groups excluding carboxylic acids is 1. The first-order valence-corrected chi connectivity index (χ1v) is 11.5. The molecule has 2 aromatic carbocycles. The molecule has 1 N–H and O–H groups in total. The number of nitrogens with zero attached hydrogens (tertiary/aromatic N) is 4. The number of amides is 1. The topological polar surface area (TPSA) is 90.5 Å². The lowest BCUT2D eigenvalue weighted by molar-refractivity contribution is -0.122. The molecular formula is C25H26ClN5O3. The van der Waals surface area contributed by atoms with Crippen LogP contribution in [0, 0.1) is 5.92 Å². The number of fused-ring (bicyclic) bond motifs is 1. The van der Waals surface area contributed by atoms with Gasteiger partial charge < -0.3 is 10.1 Å². The molecule has 0 aliphatic rings. The van der Waals surface area contributed by atoms with Crippen molar-refractivity contribution < 1.29 is 9.53 Å². The Morgan fingerprint density at radius 2 is 1.82 bits per heavy atom. The Morgan fingerprint density at radius 3 is 2.53 bits per heavy atom. The van der Waals surface area contributed by atoms with Crippen molar-refractivity contribution >= 4 is 23.2 Å². The van der Waals surface area contributed by atoms with Crippen LogP contribution >= 0.6 is 11.6 Å². The minimum Gasteiger partial charge on any atom is -0.494 e. The molecular weight excluding hydrogens is 454 g/mol. The molecule has 4 aromatic rings. The summed E-state index contributed by atoms with van der Waals surface area (Å²) in [4.78, 5) is 25.4. The second-order valence-corrected chi connectivity index (χ2v) is 8.56. The third kappa shape index (κ3) is 5.46. The van der Waals surface area contributed by atoms with Crippen LogP contribution in [0.1, 0.15) is 31.7 Å². The van der Waals surface area contributed by atoms with Crippen molar-refractivity contribution in [3.05, 3.63) is 87.7 Å². The monoisotopic (exact) mass is 479 g/mol. The molecule has 0 bridgehead atoms. The van der Waals surface area contributed by atoms with Crippen molar-refractivity contribution in [3.8, 4) is 11.4 Å². The van der Waals surface area contributed by atoms with Crippen LogP contribution in [0.25, 0.3) is 11.3 Å². The highest BCUT2D eigenvalue weighted by Crippen LogP contribution is 2.16. The van der Waals surface area contributed by atoms with Crippen LogP contribution in [0.2, 0.25) is 5.02 Å². The Hall–Kier alpha value is -3.65. The van der Waals surface area contributed by atoms with Crippen LogP contribution in [0.5, 0.6) is 5.75 Å². The van der Waals surface area contributed by atoms with E-state index in [0.29, 0.717) is 42.5 Å². The summed E-state index contributed by atoms with van der Waals surface area (Å²) in [5.41, 5.74) is 1.67. The van der Waals surface area contributed by atoms with Gasteiger partial charge in [-0.2, -0.15) is 0 Å². The predicted octanol–water partition coefficient (Wildman–Crippen LogP) is 3.82. The normalized spacial score (nSPS) is 12.0. The summed E-state index contributed by atoms with van der Waals surface area (Å²) in [5.74, 6) is 1.36. The number of hydrogen-bond donors (Lipinski definition) is 1. The van der Waals surface area contributed by atoms with E-state index in [4.69, 9.17) is 16.3 Å². The molecule has 34 heavy (non-hydrogen) atoms. The molecule has 0 aliphatic heterocycles. The van der Waals surface area contributed by atoms with E-state index in [-0.39, 0.29) is 23.0 Å². The fourth-order valence-corrected chi connectivity index (χ4v) is 3.85. The van der Waals surface area contributed by atoms with E-state index in [1.54, 1.807) is 28.9 Å². The van der Waals surface area contributed by atoms with Gasteiger partial charge in [0, 0.05) is 42.5 Å². The molecule has 9 heteroatoms. The number of ether oxygens (including phenoxy) is 1. The Labute approximate surface area is 202 Å². The van der Waals surface area contributed by atoms with Crippen LogP contribution in [0.3, 0.4) is 0 Å². The lowest BCUT2D eigenvalue weighted by Gasteiger charge is -2.11. The SMILES string of the molecule is CCOc1ccc(-n2ccn3c(C[C@H](C)CC(=O)NCc4ccc(Cl)cc4)nnc3c2=O)cc1. The van der Waals surface area contributed by atoms with Gasteiger partial charge in [0.05, 0.1) is 6.61 Å². The van der Waals surface area contributed by atoms with Gasteiger partial charge in [0.2, 0.25) is 11.6 Å².